The SMILES string of the molecule is C/C=C(/CN(C)C(=O)N[C@@H](CCN1CCOCC1)C(=O)NCCCCNC(=O)OCc1cncs1)N=C(C)C(C)C. The van der Waals surface area contributed by atoms with Crippen LogP contribution in [0.5, 0.6) is 0 Å². The number of likely N-dealkylation sites (N-methyl/N-ethyl adjacent to an activating group) is 1. The molecule has 41 heavy (non-hydrogen) atoms. The van der Waals surface area contributed by atoms with Gasteiger partial charge < -0.3 is 30.3 Å². The first-order valence-electron chi connectivity index (χ1n) is 14.3. The predicted octanol–water partition coefficient (Wildman–Crippen LogP) is 3.02. The van der Waals surface area contributed by atoms with Gasteiger partial charge in [0.15, 0.2) is 0 Å². The minimum atomic E-state index is -0.678. The molecule has 2 rings (SSSR count). The molecule has 1 aromatic heterocycles. The number of hydrogen-bond acceptors (Lipinski definition) is 9. The van der Waals surface area contributed by atoms with Crippen LogP contribution in [0, 0.1) is 5.92 Å². The smallest absolute Gasteiger partial charge is 0.407 e. The summed E-state index contributed by atoms with van der Waals surface area (Å²) in [6.07, 6.45) is 4.91. The van der Waals surface area contributed by atoms with Crippen LogP contribution in [0.4, 0.5) is 9.59 Å². The van der Waals surface area contributed by atoms with Crippen molar-refractivity contribution in [3.05, 3.63) is 28.4 Å². The maximum Gasteiger partial charge on any atom is 0.407 e. The van der Waals surface area contributed by atoms with Crippen molar-refractivity contribution in [2.45, 2.75) is 59.6 Å². The normalized spacial score (nSPS) is 15.4. The number of aromatic nitrogens is 1. The van der Waals surface area contributed by atoms with Crippen LogP contribution in [0.15, 0.2) is 28.5 Å². The van der Waals surface area contributed by atoms with Crippen molar-refractivity contribution in [3.63, 3.8) is 0 Å². The number of morpholine rings is 1. The van der Waals surface area contributed by atoms with Crippen molar-refractivity contribution < 1.29 is 23.9 Å². The van der Waals surface area contributed by atoms with Crippen LogP contribution in [0.3, 0.4) is 0 Å². The molecule has 230 valence electrons. The number of ether oxygens (including phenoxy) is 2. The highest BCUT2D eigenvalue weighted by Crippen LogP contribution is 2.08. The summed E-state index contributed by atoms with van der Waals surface area (Å²) >= 11 is 1.43. The van der Waals surface area contributed by atoms with Gasteiger partial charge in [-0.05, 0) is 39.0 Å². The number of unbranched alkanes of at least 4 members (excludes halogenated alkanes) is 1. The number of nitrogens with one attached hydrogen (secondary N) is 3. The van der Waals surface area contributed by atoms with E-state index in [4.69, 9.17) is 9.47 Å². The fourth-order valence-electron chi connectivity index (χ4n) is 3.80. The minimum Gasteiger partial charge on any atom is -0.444 e. The van der Waals surface area contributed by atoms with Gasteiger partial charge in [0, 0.05) is 51.7 Å². The molecule has 1 fully saturated rings. The van der Waals surface area contributed by atoms with Crippen molar-refractivity contribution in [3.8, 4) is 0 Å². The van der Waals surface area contributed by atoms with E-state index in [2.05, 4.69) is 44.7 Å². The summed E-state index contributed by atoms with van der Waals surface area (Å²) in [5.41, 5.74) is 3.48. The second-order valence-electron chi connectivity index (χ2n) is 10.3. The quantitative estimate of drug-likeness (QED) is 0.198. The van der Waals surface area contributed by atoms with E-state index in [9.17, 15) is 14.4 Å². The van der Waals surface area contributed by atoms with Gasteiger partial charge in [-0.25, -0.2) is 9.59 Å². The standard InChI is InChI=1S/C28H47N7O5S/c1-6-23(32-22(4)21(2)3)18-34(5)27(37)33-25(9-12-35-13-15-39-16-14-35)26(36)30-10-7-8-11-31-28(38)40-19-24-17-29-20-41-24/h6,17,20-21,25H,7-16,18-19H2,1-5H3,(H,30,36)(H,31,38)(H,33,37)/b23-6-,32-22?/t25-/m0/s1. The van der Waals surface area contributed by atoms with Crippen LogP contribution in [0.25, 0.3) is 0 Å². The Labute approximate surface area is 247 Å². The Hall–Kier alpha value is -3.03. The van der Waals surface area contributed by atoms with E-state index < -0.39 is 12.1 Å². The number of thiazole rings is 1. The summed E-state index contributed by atoms with van der Waals surface area (Å²) in [4.78, 5) is 51.2. The van der Waals surface area contributed by atoms with Gasteiger partial charge >= 0.3 is 12.1 Å². The van der Waals surface area contributed by atoms with Gasteiger partial charge in [-0.1, -0.05) is 19.9 Å². The molecule has 0 spiro atoms. The van der Waals surface area contributed by atoms with Crippen LogP contribution < -0.4 is 16.0 Å². The average molecular weight is 594 g/mol. The number of allylic oxidation sites excluding steroid dienone is 1. The highest BCUT2D eigenvalue weighted by Gasteiger charge is 2.24. The maximum atomic E-state index is 13.1. The van der Waals surface area contributed by atoms with Crippen LogP contribution >= 0.6 is 11.3 Å². The molecule has 2 heterocycles. The fraction of sp³-hybridized carbons (Fsp3) is 0.679. The summed E-state index contributed by atoms with van der Waals surface area (Å²) in [5, 5.41) is 8.57. The Morgan fingerprint density at radius 2 is 1.93 bits per heavy atom. The Bertz CT molecular complexity index is 994. The number of rotatable bonds is 16. The molecule has 0 bridgehead atoms. The second kappa shape index (κ2) is 19.2. The third-order valence-corrected chi connectivity index (χ3v) is 7.44. The van der Waals surface area contributed by atoms with E-state index in [1.54, 1.807) is 23.7 Å². The van der Waals surface area contributed by atoms with Gasteiger partial charge in [-0.3, -0.25) is 19.7 Å². The fourth-order valence-corrected chi connectivity index (χ4v) is 4.31. The number of carbonyl (C=O) groups is 3. The number of amides is 4. The Morgan fingerprint density at radius 3 is 2.56 bits per heavy atom. The summed E-state index contributed by atoms with van der Waals surface area (Å²) < 4.78 is 10.6. The average Bonchev–Trinajstić information content (AvgIpc) is 3.49. The van der Waals surface area contributed by atoms with Crippen molar-refractivity contribution in [2.24, 2.45) is 10.9 Å². The van der Waals surface area contributed by atoms with Crippen molar-refractivity contribution in [2.75, 3.05) is 59.5 Å². The summed E-state index contributed by atoms with van der Waals surface area (Å²) in [7, 11) is 1.70. The lowest BCUT2D eigenvalue weighted by Crippen LogP contribution is -2.52. The van der Waals surface area contributed by atoms with Crippen molar-refractivity contribution in [1.82, 2.24) is 30.7 Å². The molecule has 1 aliphatic rings. The zero-order valence-corrected chi connectivity index (χ0v) is 25.9. The third-order valence-electron chi connectivity index (χ3n) is 6.69. The molecule has 0 radical (unpaired) electrons. The van der Waals surface area contributed by atoms with E-state index in [1.807, 2.05) is 19.9 Å². The van der Waals surface area contributed by atoms with Crippen molar-refractivity contribution >= 4 is 35.1 Å². The molecule has 1 saturated heterocycles. The first-order valence-corrected chi connectivity index (χ1v) is 15.1. The molecule has 0 unspecified atom stereocenters. The lowest BCUT2D eigenvalue weighted by Gasteiger charge is -2.29. The van der Waals surface area contributed by atoms with Gasteiger partial charge in [0.05, 0.1) is 35.8 Å². The number of aliphatic imine (C=N–C) groups is 1. The first-order chi connectivity index (χ1) is 19.7. The van der Waals surface area contributed by atoms with Gasteiger partial charge in [-0.15, -0.1) is 11.3 Å². The summed E-state index contributed by atoms with van der Waals surface area (Å²) in [6, 6.07) is -1.01. The Morgan fingerprint density at radius 1 is 1.22 bits per heavy atom. The molecule has 0 saturated carbocycles. The number of carbonyl (C=O) groups excluding carboxylic acids is 3. The van der Waals surface area contributed by atoms with Crippen molar-refractivity contribution in [1.29, 1.82) is 0 Å². The van der Waals surface area contributed by atoms with Crippen LogP contribution in [-0.4, -0.2) is 104 Å². The Kier molecular flexibility index (Phi) is 16.0. The summed E-state index contributed by atoms with van der Waals surface area (Å²) in [5.74, 6) is 0.0907. The van der Waals surface area contributed by atoms with Gasteiger partial charge in [0.25, 0.3) is 0 Å². The van der Waals surface area contributed by atoms with Gasteiger partial charge in [0.2, 0.25) is 5.91 Å². The number of urea groups is 1. The monoisotopic (exact) mass is 593 g/mol. The lowest BCUT2D eigenvalue weighted by molar-refractivity contribution is -0.123. The van der Waals surface area contributed by atoms with E-state index in [1.165, 1.54) is 11.3 Å². The molecule has 12 nitrogen and oxygen atoms in total. The number of alkyl carbamates (subject to hydrolysis) is 1. The van der Waals surface area contributed by atoms with Crippen LogP contribution in [0.2, 0.25) is 0 Å². The Balaban J connectivity index is 1.81. The molecular weight excluding hydrogens is 546 g/mol. The molecule has 1 aliphatic heterocycles. The molecule has 3 N–H and O–H groups in total. The number of nitrogens with zero attached hydrogens (tertiary/aromatic N) is 4. The van der Waals surface area contributed by atoms with Crippen LogP contribution in [0.1, 0.15) is 51.8 Å². The van der Waals surface area contributed by atoms with E-state index >= 15 is 0 Å². The third kappa shape index (κ3) is 13.9. The van der Waals surface area contributed by atoms with E-state index in [-0.39, 0.29) is 18.5 Å². The molecular formula is C28H47N7O5S. The molecule has 1 aromatic rings. The molecule has 0 aliphatic carbocycles. The topological polar surface area (TPSA) is 137 Å². The molecule has 13 heteroatoms. The molecule has 1 atom stereocenters. The summed E-state index contributed by atoms with van der Waals surface area (Å²) in [6.45, 7) is 13.1. The second-order valence-corrected chi connectivity index (χ2v) is 11.2. The molecule has 0 aromatic carbocycles. The van der Waals surface area contributed by atoms with Gasteiger partial charge in [-0.2, -0.15) is 0 Å². The zero-order valence-electron chi connectivity index (χ0n) is 25.1. The van der Waals surface area contributed by atoms with Crippen LogP contribution in [-0.2, 0) is 20.9 Å². The zero-order chi connectivity index (χ0) is 30.0. The van der Waals surface area contributed by atoms with Gasteiger partial charge in [0.1, 0.15) is 12.6 Å². The maximum absolute atomic E-state index is 13.1. The lowest BCUT2D eigenvalue weighted by atomic mass is 10.1. The number of hydrogen-bond donors (Lipinski definition) is 3. The molecule has 4 amide bonds. The predicted molar refractivity (Wildman–Crippen MR) is 161 cm³/mol. The first kappa shape index (κ1) is 34.2. The highest BCUT2D eigenvalue weighted by atomic mass is 32.1. The highest BCUT2D eigenvalue weighted by molar-refractivity contribution is 7.09. The van der Waals surface area contributed by atoms with E-state index in [0.29, 0.717) is 64.6 Å². The largest absolute Gasteiger partial charge is 0.444 e. The minimum absolute atomic E-state index is 0.195. The van der Waals surface area contributed by atoms with E-state index in [0.717, 1.165) is 29.4 Å².